The predicted octanol–water partition coefficient (Wildman–Crippen LogP) is -1.48. The first-order valence-electron chi connectivity index (χ1n) is 0.698. The van der Waals surface area contributed by atoms with Crippen LogP contribution >= 0.6 is 0 Å². The van der Waals surface area contributed by atoms with Crippen LogP contribution in [0, 0.1) is 0 Å². The van der Waals surface area contributed by atoms with E-state index in [0.717, 1.165) is 0 Å². The summed E-state index contributed by atoms with van der Waals surface area (Å²) in [5.41, 5.74) is 0. The van der Waals surface area contributed by atoms with E-state index in [4.69, 9.17) is 17.5 Å². The van der Waals surface area contributed by atoms with Crippen LogP contribution in [-0.4, -0.2) is 23.0 Å². The molecule has 0 aromatic rings. The Labute approximate surface area is 53.4 Å². The molecule has 0 spiro atoms. The zero-order valence-electron chi connectivity index (χ0n) is 2.95. The molecule has 0 aliphatic heterocycles. The van der Waals surface area contributed by atoms with E-state index in [-0.39, 0.29) is 25.0 Å². The number of hydrogen-bond acceptors (Lipinski definition) is 2. The summed E-state index contributed by atoms with van der Waals surface area (Å²) in [5.74, 6) is 0. The Morgan fingerprint density at radius 2 is 1.14 bits per heavy atom. The van der Waals surface area contributed by atoms with Gasteiger partial charge >= 0.3 is 10.4 Å². The average molecular weight is 219 g/mol. The van der Waals surface area contributed by atoms with Crippen LogP contribution in [0.15, 0.2) is 0 Å². The van der Waals surface area contributed by atoms with E-state index in [2.05, 4.69) is 0 Å². The van der Waals surface area contributed by atoms with E-state index < -0.39 is 10.4 Å². The van der Waals surface area contributed by atoms with E-state index in [0.29, 0.717) is 0 Å². The third-order valence-corrected chi connectivity index (χ3v) is 0. The summed E-state index contributed by atoms with van der Waals surface area (Å²) in [7, 11) is -4.67. The Bertz CT molecular complexity index is 91.2. The van der Waals surface area contributed by atoms with Crippen molar-refractivity contribution in [3.8, 4) is 0 Å². The molecule has 1 radical (unpaired) electrons. The average Bonchev–Trinajstić information content (AvgIpc) is 0.722. The van der Waals surface area contributed by atoms with E-state index in [9.17, 15) is 0 Å². The zero-order valence-corrected chi connectivity index (χ0v) is 5.41. The van der Waals surface area contributed by atoms with Crippen LogP contribution in [0.5, 0.6) is 0 Å². The first kappa shape index (κ1) is 15.7. The Hall–Kier alpha value is 0.453. The summed E-state index contributed by atoms with van der Waals surface area (Å²) >= 11 is 0. The molecule has 4 N–H and O–H groups in total. The molecule has 0 bridgehead atoms. The van der Waals surface area contributed by atoms with Crippen LogP contribution in [0.2, 0.25) is 0 Å². The molecule has 5 nitrogen and oxygen atoms in total. The molecule has 0 rings (SSSR count). The van der Waals surface area contributed by atoms with Crippen LogP contribution in [-0.2, 0) is 29.9 Å². The molecule has 7 heteroatoms. The van der Waals surface area contributed by atoms with E-state index in [1.807, 2.05) is 0 Å². The Balaban J connectivity index is -0.0000000800. The van der Waals surface area contributed by atoms with Gasteiger partial charge in [-0.1, -0.05) is 0 Å². The smallest absolute Gasteiger partial charge is 0.394 e. The van der Waals surface area contributed by atoms with Gasteiger partial charge in [0.05, 0.1) is 0 Å². The van der Waals surface area contributed by atoms with E-state index in [1.54, 1.807) is 0 Å². The fraction of sp³-hybridized carbons (Fsp3) is 0. The summed E-state index contributed by atoms with van der Waals surface area (Å²) in [6.07, 6.45) is 0. The molecule has 7 heavy (non-hydrogen) atoms. The molecular weight excluding hydrogens is 215 g/mol. The fourth-order valence-electron chi connectivity index (χ4n) is 0. The molecular formula is H4O5RhS. The summed E-state index contributed by atoms with van der Waals surface area (Å²) in [6.45, 7) is 0. The van der Waals surface area contributed by atoms with Crippen molar-refractivity contribution in [2.24, 2.45) is 0 Å². The van der Waals surface area contributed by atoms with Crippen molar-refractivity contribution in [1.82, 2.24) is 0 Å². The predicted molar refractivity (Wildman–Crippen MR) is 17.8 cm³/mol. The van der Waals surface area contributed by atoms with Gasteiger partial charge in [0.1, 0.15) is 0 Å². The molecule has 0 saturated carbocycles. The molecule has 49 valence electrons. The standard InChI is InChI=1S/H2O4S.H2O.Rh/c1-5(2,3)4;;/h(H2,1,2,3,4);1H2;. The fourth-order valence-corrected chi connectivity index (χ4v) is 0. The number of rotatable bonds is 0. The topological polar surface area (TPSA) is 106 Å². The summed E-state index contributed by atoms with van der Waals surface area (Å²) in [4.78, 5) is 0. The Morgan fingerprint density at radius 1 is 1.14 bits per heavy atom. The van der Waals surface area contributed by atoms with Gasteiger partial charge in [-0.3, -0.25) is 9.11 Å². The molecule has 0 atom stereocenters. The molecule has 0 saturated heterocycles. The van der Waals surface area contributed by atoms with Crippen molar-refractivity contribution in [2.45, 2.75) is 0 Å². The van der Waals surface area contributed by atoms with Gasteiger partial charge in [0.2, 0.25) is 0 Å². The molecule has 0 aromatic carbocycles. The van der Waals surface area contributed by atoms with E-state index >= 15 is 0 Å². The first-order valence-corrected chi connectivity index (χ1v) is 2.10. The van der Waals surface area contributed by atoms with Gasteiger partial charge in [-0.25, -0.2) is 0 Å². The Morgan fingerprint density at radius 3 is 1.14 bits per heavy atom. The SMILES string of the molecule is O.O=S(=O)(O)O.[Rh]. The normalized spacial score (nSPS) is 8.29. The second-order valence-electron chi connectivity index (χ2n) is 0.448. The van der Waals surface area contributed by atoms with Gasteiger partial charge in [0, 0.05) is 19.5 Å². The van der Waals surface area contributed by atoms with Crippen LogP contribution in [0.3, 0.4) is 0 Å². The largest absolute Gasteiger partial charge is 0.412 e. The monoisotopic (exact) mass is 219 g/mol. The molecule has 0 amide bonds. The molecule has 0 aromatic heterocycles. The Kier molecular flexibility index (Phi) is 10.3. The van der Waals surface area contributed by atoms with Crippen LogP contribution in [0.1, 0.15) is 0 Å². The van der Waals surface area contributed by atoms with Crippen molar-refractivity contribution in [3.05, 3.63) is 0 Å². The summed E-state index contributed by atoms with van der Waals surface area (Å²) < 4.78 is 31.6. The third kappa shape index (κ3) is 623. The first-order chi connectivity index (χ1) is 2.00. The number of hydrogen-bond donors (Lipinski definition) is 2. The van der Waals surface area contributed by atoms with Crippen molar-refractivity contribution in [2.75, 3.05) is 0 Å². The molecule has 0 aliphatic carbocycles. The van der Waals surface area contributed by atoms with Crippen molar-refractivity contribution in [1.29, 1.82) is 0 Å². The zero-order chi connectivity index (χ0) is 4.50. The second-order valence-corrected chi connectivity index (χ2v) is 1.34. The molecule has 0 aliphatic rings. The summed E-state index contributed by atoms with van der Waals surface area (Å²) in [5, 5.41) is 0. The van der Waals surface area contributed by atoms with Gasteiger partial charge in [-0.05, 0) is 0 Å². The van der Waals surface area contributed by atoms with Crippen molar-refractivity contribution < 1.29 is 42.5 Å². The molecule has 0 unspecified atom stereocenters. The van der Waals surface area contributed by atoms with Crippen molar-refractivity contribution >= 4 is 10.4 Å². The van der Waals surface area contributed by atoms with Gasteiger partial charge in [-0.15, -0.1) is 0 Å². The van der Waals surface area contributed by atoms with Gasteiger partial charge in [-0.2, -0.15) is 8.42 Å². The minimum absolute atomic E-state index is 0. The maximum absolute atomic E-state index is 8.74. The van der Waals surface area contributed by atoms with Gasteiger partial charge in [0.15, 0.2) is 0 Å². The van der Waals surface area contributed by atoms with Crippen molar-refractivity contribution in [3.63, 3.8) is 0 Å². The summed E-state index contributed by atoms with van der Waals surface area (Å²) in [6, 6.07) is 0. The van der Waals surface area contributed by atoms with Crippen LogP contribution in [0.25, 0.3) is 0 Å². The second kappa shape index (κ2) is 4.61. The van der Waals surface area contributed by atoms with E-state index in [1.165, 1.54) is 0 Å². The molecule has 0 fully saturated rings. The van der Waals surface area contributed by atoms with Crippen LogP contribution < -0.4 is 0 Å². The van der Waals surface area contributed by atoms with Gasteiger partial charge in [0.25, 0.3) is 0 Å². The quantitative estimate of drug-likeness (QED) is 0.382. The minimum Gasteiger partial charge on any atom is -0.412 e. The maximum Gasteiger partial charge on any atom is 0.394 e. The minimum atomic E-state index is -4.67. The third-order valence-electron chi connectivity index (χ3n) is 0. The molecule has 0 heterocycles. The van der Waals surface area contributed by atoms with Crippen LogP contribution in [0.4, 0.5) is 0 Å². The maximum atomic E-state index is 8.74. The van der Waals surface area contributed by atoms with Gasteiger partial charge < -0.3 is 5.48 Å².